The molecule has 60 valence electrons. The molecule has 0 aromatic rings. The predicted molar refractivity (Wildman–Crippen MR) is 41.9 cm³/mol. The summed E-state index contributed by atoms with van der Waals surface area (Å²) >= 11 is 0. The highest BCUT2D eigenvalue weighted by atomic mass is 16.5. The van der Waals surface area contributed by atoms with Gasteiger partial charge in [0.1, 0.15) is 0 Å². The van der Waals surface area contributed by atoms with Crippen LogP contribution in [0.1, 0.15) is 19.8 Å². The molecular weight excluding hydrogens is 128 g/mol. The van der Waals surface area contributed by atoms with E-state index in [0.717, 1.165) is 6.42 Å². The van der Waals surface area contributed by atoms with Crippen molar-refractivity contribution in [2.45, 2.75) is 32.0 Å². The van der Waals surface area contributed by atoms with E-state index in [9.17, 15) is 0 Å². The predicted octanol–water partition coefficient (Wildman–Crippen LogP) is 1.35. The number of ether oxygens (including phenoxy) is 1. The van der Waals surface area contributed by atoms with Crippen molar-refractivity contribution in [3.8, 4) is 0 Å². The summed E-state index contributed by atoms with van der Waals surface area (Å²) in [6.07, 6.45) is 2.84. The van der Waals surface area contributed by atoms with Crippen LogP contribution in [0.3, 0.4) is 0 Å². The Morgan fingerprint density at radius 1 is 1.70 bits per heavy atom. The van der Waals surface area contributed by atoms with Gasteiger partial charge in [0.05, 0.1) is 12.2 Å². The third-order valence-electron chi connectivity index (χ3n) is 1.57. The number of rotatable bonds is 5. The number of aliphatic hydroxyl groups excluding tert-OH is 1. The van der Waals surface area contributed by atoms with E-state index in [1.54, 1.807) is 7.11 Å². The standard InChI is InChI=1S/C8H16O2/c1-4-7(9)6-8(5-2)10-3/h4,7-9H,1,5-6H2,2-3H3/t7?,8-/m0/s1. The fourth-order valence-electron chi connectivity index (χ4n) is 0.795. The fourth-order valence-corrected chi connectivity index (χ4v) is 0.795. The van der Waals surface area contributed by atoms with Crippen LogP contribution < -0.4 is 0 Å². The highest BCUT2D eigenvalue weighted by molar-refractivity contribution is 4.80. The third-order valence-corrected chi connectivity index (χ3v) is 1.57. The molecule has 0 heterocycles. The lowest BCUT2D eigenvalue weighted by Crippen LogP contribution is -2.16. The molecule has 0 spiro atoms. The molecular formula is C8H16O2. The molecule has 1 unspecified atom stereocenters. The second-order valence-electron chi connectivity index (χ2n) is 2.30. The molecule has 10 heavy (non-hydrogen) atoms. The molecule has 0 aromatic carbocycles. The Labute approximate surface area is 62.5 Å². The van der Waals surface area contributed by atoms with E-state index in [1.807, 2.05) is 6.92 Å². The van der Waals surface area contributed by atoms with Gasteiger partial charge < -0.3 is 9.84 Å². The van der Waals surface area contributed by atoms with Gasteiger partial charge in [0.25, 0.3) is 0 Å². The van der Waals surface area contributed by atoms with Gasteiger partial charge >= 0.3 is 0 Å². The molecule has 2 heteroatoms. The Morgan fingerprint density at radius 2 is 2.30 bits per heavy atom. The second kappa shape index (κ2) is 5.45. The average Bonchev–Trinajstić information content (AvgIpc) is 1.99. The van der Waals surface area contributed by atoms with Crippen LogP contribution in [-0.4, -0.2) is 24.4 Å². The monoisotopic (exact) mass is 144 g/mol. The quantitative estimate of drug-likeness (QED) is 0.590. The summed E-state index contributed by atoms with van der Waals surface area (Å²) in [7, 11) is 1.66. The van der Waals surface area contributed by atoms with Gasteiger partial charge in [0, 0.05) is 13.5 Å². The van der Waals surface area contributed by atoms with Crippen LogP contribution in [0, 0.1) is 0 Å². The highest BCUT2D eigenvalue weighted by Crippen LogP contribution is 2.05. The van der Waals surface area contributed by atoms with Crippen molar-refractivity contribution < 1.29 is 9.84 Å². The largest absolute Gasteiger partial charge is 0.389 e. The van der Waals surface area contributed by atoms with Gasteiger partial charge in [-0.25, -0.2) is 0 Å². The van der Waals surface area contributed by atoms with Crippen molar-refractivity contribution in [2.24, 2.45) is 0 Å². The Hall–Kier alpha value is -0.340. The highest BCUT2D eigenvalue weighted by Gasteiger charge is 2.07. The van der Waals surface area contributed by atoms with Crippen LogP contribution in [0.2, 0.25) is 0 Å². The Morgan fingerprint density at radius 3 is 2.60 bits per heavy atom. The summed E-state index contributed by atoms with van der Waals surface area (Å²) in [4.78, 5) is 0. The van der Waals surface area contributed by atoms with Crippen molar-refractivity contribution >= 4 is 0 Å². The topological polar surface area (TPSA) is 29.5 Å². The van der Waals surface area contributed by atoms with Gasteiger partial charge in [-0.1, -0.05) is 13.0 Å². The average molecular weight is 144 g/mol. The zero-order valence-corrected chi connectivity index (χ0v) is 6.71. The molecule has 0 amide bonds. The Kier molecular flexibility index (Phi) is 5.26. The molecule has 0 aliphatic heterocycles. The van der Waals surface area contributed by atoms with E-state index in [1.165, 1.54) is 6.08 Å². The van der Waals surface area contributed by atoms with Crippen molar-refractivity contribution in [1.82, 2.24) is 0 Å². The molecule has 0 aromatic heterocycles. The summed E-state index contributed by atoms with van der Waals surface area (Å²) in [5.74, 6) is 0. The van der Waals surface area contributed by atoms with E-state index in [0.29, 0.717) is 6.42 Å². The van der Waals surface area contributed by atoms with E-state index in [-0.39, 0.29) is 6.10 Å². The SMILES string of the molecule is C=CC(O)C[C@H](CC)OC. The molecule has 2 atom stereocenters. The van der Waals surface area contributed by atoms with Crippen LogP contribution in [0.25, 0.3) is 0 Å². The first-order chi connectivity index (χ1) is 4.74. The van der Waals surface area contributed by atoms with Crippen molar-refractivity contribution in [3.63, 3.8) is 0 Å². The molecule has 0 radical (unpaired) electrons. The van der Waals surface area contributed by atoms with E-state index in [4.69, 9.17) is 9.84 Å². The maximum atomic E-state index is 9.09. The minimum absolute atomic E-state index is 0.160. The minimum atomic E-state index is -0.426. The van der Waals surface area contributed by atoms with Crippen molar-refractivity contribution in [2.75, 3.05) is 7.11 Å². The normalized spacial score (nSPS) is 16.3. The third kappa shape index (κ3) is 3.64. The van der Waals surface area contributed by atoms with Gasteiger partial charge in [-0.3, -0.25) is 0 Å². The second-order valence-corrected chi connectivity index (χ2v) is 2.30. The maximum Gasteiger partial charge on any atom is 0.0743 e. The van der Waals surface area contributed by atoms with Crippen LogP contribution in [0.5, 0.6) is 0 Å². The van der Waals surface area contributed by atoms with Gasteiger partial charge in [-0.2, -0.15) is 0 Å². The van der Waals surface area contributed by atoms with Gasteiger partial charge in [0.2, 0.25) is 0 Å². The summed E-state index contributed by atoms with van der Waals surface area (Å²) in [6, 6.07) is 0. The molecule has 0 rings (SSSR count). The first-order valence-electron chi connectivity index (χ1n) is 3.58. The van der Waals surface area contributed by atoms with Gasteiger partial charge in [-0.05, 0) is 6.42 Å². The first kappa shape index (κ1) is 9.66. The molecule has 0 fully saturated rings. The summed E-state index contributed by atoms with van der Waals surface area (Å²) < 4.78 is 5.06. The zero-order chi connectivity index (χ0) is 7.98. The van der Waals surface area contributed by atoms with Gasteiger partial charge in [0.15, 0.2) is 0 Å². The van der Waals surface area contributed by atoms with E-state index >= 15 is 0 Å². The van der Waals surface area contributed by atoms with Crippen molar-refractivity contribution in [1.29, 1.82) is 0 Å². The number of hydrogen-bond acceptors (Lipinski definition) is 2. The zero-order valence-electron chi connectivity index (χ0n) is 6.71. The smallest absolute Gasteiger partial charge is 0.0743 e. The van der Waals surface area contributed by atoms with Gasteiger partial charge in [-0.15, -0.1) is 6.58 Å². The molecule has 0 aliphatic carbocycles. The molecule has 1 N–H and O–H groups in total. The van der Waals surface area contributed by atoms with Crippen LogP contribution >= 0.6 is 0 Å². The lowest BCUT2D eigenvalue weighted by atomic mass is 10.1. The van der Waals surface area contributed by atoms with Crippen LogP contribution in [-0.2, 0) is 4.74 Å². The van der Waals surface area contributed by atoms with E-state index in [2.05, 4.69) is 6.58 Å². The Bertz CT molecular complexity index is 87.3. The molecule has 0 bridgehead atoms. The number of hydrogen-bond donors (Lipinski definition) is 1. The first-order valence-corrected chi connectivity index (χ1v) is 3.58. The lowest BCUT2D eigenvalue weighted by Gasteiger charge is -2.14. The maximum absolute atomic E-state index is 9.09. The molecule has 2 nitrogen and oxygen atoms in total. The fraction of sp³-hybridized carbons (Fsp3) is 0.750. The van der Waals surface area contributed by atoms with E-state index < -0.39 is 6.10 Å². The lowest BCUT2D eigenvalue weighted by molar-refractivity contribution is 0.0578. The number of methoxy groups -OCH3 is 1. The molecule has 0 aliphatic rings. The summed E-state index contributed by atoms with van der Waals surface area (Å²) in [5, 5.41) is 9.09. The summed E-state index contributed by atoms with van der Waals surface area (Å²) in [6.45, 7) is 5.51. The number of aliphatic hydroxyl groups is 1. The Balaban J connectivity index is 3.51. The van der Waals surface area contributed by atoms with Crippen LogP contribution in [0.4, 0.5) is 0 Å². The summed E-state index contributed by atoms with van der Waals surface area (Å²) in [5.41, 5.74) is 0. The molecule has 0 saturated heterocycles. The minimum Gasteiger partial charge on any atom is -0.389 e. The molecule has 0 saturated carbocycles. The van der Waals surface area contributed by atoms with Crippen molar-refractivity contribution in [3.05, 3.63) is 12.7 Å². The van der Waals surface area contributed by atoms with Crippen LogP contribution in [0.15, 0.2) is 12.7 Å².